The number of carbonyl (C=O) groups is 1. The molecule has 1 amide bonds. The Balaban J connectivity index is 1.34. The highest BCUT2D eigenvalue weighted by atomic mass is 32.2. The van der Waals surface area contributed by atoms with E-state index in [4.69, 9.17) is 4.74 Å². The lowest BCUT2D eigenvalue weighted by molar-refractivity contribution is -0.119. The molecule has 4 aromatic carbocycles. The second kappa shape index (κ2) is 13.0. The molecule has 0 bridgehead atoms. The van der Waals surface area contributed by atoms with Crippen molar-refractivity contribution in [3.05, 3.63) is 120 Å². The van der Waals surface area contributed by atoms with E-state index >= 15 is 0 Å². The van der Waals surface area contributed by atoms with E-state index in [0.717, 1.165) is 35.1 Å². The monoisotopic (exact) mass is 569 g/mol. The molecular weight excluding hydrogens is 534 g/mol. The fourth-order valence-corrected chi connectivity index (χ4v) is 6.32. The van der Waals surface area contributed by atoms with Crippen LogP contribution in [0, 0.1) is 6.92 Å². The maximum atomic E-state index is 13.8. The molecule has 0 radical (unpaired) electrons. The number of ether oxygens (including phenoxy) is 1. The highest BCUT2D eigenvalue weighted by Crippen LogP contribution is 2.28. The molecule has 41 heavy (non-hydrogen) atoms. The molecule has 5 rings (SSSR count). The maximum absolute atomic E-state index is 13.8. The van der Waals surface area contributed by atoms with Crippen LogP contribution in [0.2, 0.25) is 0 Å². The summed E-state index contributed by atoms with van der Waals surface area (Å²) in [5.41, 5.74) is 3.52. The predicted molar refractivity (Wildman–Crippen MR) is 161 cm³/mol. The number of likely N-dealkylation sites (tertiary alicyclic amines) is 1. The number of nitrogens with one attached hydrogen (secondary N) is 1. The minimum atomic E-state index is -4.02. The van der Waals surface area contributed by atoms with Crippen LogP contribution in [-0.2, 0) is 27.9 Å². The van der Waals surface area contributed by atoms with E-state index in [1.54, 1.807) is 48.5 Å². The average molecular weight is 570 g/mol. The van der Waals surface area contributed by atoms with Gasteiger partial charge in [-0.15, -0.1) is 0 Å². The van der Waals surface area contributed by atoms with Crippen LogP contribution in [0.25, 0.3) is 0 Å². The zero-order valence-corrected chi connectivity index (χ0v) is 24.0. The zero-order valence-electron chi connectivity index (χ0n) is 23.2. The number of carbonyl (C=O) groups excluding carboxylic acids is 1. The molecule has 0 unspecified atom stereocenters. The second-order valence-electron chi connectivity index (χ2n) is 10.3. The van der Waals surface area contributed by atoms with Crippen molar-refractivity contribution in [1.82, 2.24) is 10.2 Å². The number of sulfonamides is 1. The van der Waals surface area contributed by atoms with E-state index in [0.29, 0.717) is 23.7 Å². The van der Waals surface area contributed by atoms with Gasteiger partial charge in [0.15, 0.2) is 0 Å². The van der Waals surface area contributed by atoms with Gasteiger partial charge in [0.25, 0.3) is 10.0 Å². The molecule has 1 N–H and O–H groups in total. The molecule has 0 spiro atoms. The molecule has 4 aromatic rings. The molecule has 1 heterocycles. The van der Waals surface area contributed by atoms with E-state index in [1.165, 1.54) is 18.4 Å². The molecule has 1 aliphatic heterocycles. The summed E-state index contributed by atoms with van der Waals surface area (Å²) in [4.78, 5) is 15.8. The summed E-state index contributed by atoms with van der Waals surface area (Å²) >= 11 is 0. The molecule has 212 valence electrons. The van der Waals surface area contributed by atoms with Gasteiger partial charge in [0.05, 0.1) is 10.6 Å². The van der Waals surface area contributed by atoms with E-state index in [2.05, 4.69) is 16.3 Å². The summed E-state index contributed by atoms with van der Waals surface area (Å²) in [6, 6.07) is 30.8. The Morgan fingerprint density at radius 2 is 1.41 bits per heavy atom. The second-order valence-corrected chi connectivity index (χ2v) is 12.1. The number of anilines is 1. The fraction of sp³-hybridized carbons (Fsp3) is 0.242. The first-order valence-electron chi connectivity index (χ1n) is 13.9. The van der Waals surface area contributed by atoms with Gasteiger partial charge >= 0.3 is 0 Å². The Bertz CT molecular complexity index is 1550. The highest BCUT2D eigenvalue weighted by Gasteiger charge is 2.27. The van der Waals surface area contributed by atoms with Gasteiger partial charge in [-0.3, -0.25) is 14.0 Å². The highest BCUT2D eigenvalue weighted by molar-refractivity contribution is 7.92. The van der Waals surface area contributed by atoms with Crippen LogP contribution < -0.4 is 14.4 Å². The Kier molecular flexibility index (Phi) is 9.01. The van der Waals surface area contributed by atoms with Crippen molar-refractivity contribution >= 4 is 21.6 Å². The first-order valence-corrected chi connectivity index (χ1v) is 15.3. The molecule has 1 aliphatic rings. The van der Waals surface area contributed by atoms with E-state index < -0.39 is 10.0 Å². The third-order valence-corrected chi connectivity index (χ3v) is 8.97. The number of benzene rings is 4. The van der Waals surface area contributed by atoms with Crippen LogP contribution in [0.5, 0.6) is 11.5 Å². The van der Waals surface area contributed by atoms with Crippen molar-refractivity contribution in [2.45, 2.75) is 37.8 Å². The number of hydrogen-bond acceptors (Lipinski definition) is 5. The van der Waals surface area contributed by atoms with Crippen LogP contribution in [0.1, 0.15) is 29.5 Å². The van der Waals surface area contributed by atoms with Crippen molar-refractivity contribution in [2.75, 3.05) is 23.9 Å². The van der Waals surface area contributed by atoms with Gasteiger partial charge in [-0.2, -0.15) is 0 Å². The Labute approximate surface area is 242 Å². The molecular formula is C33H35N3O4S. The normalized spacial score (nSPS) is 13.6. The molecule has 1 saturated heterocycles. The van der Waals surface area contributed by atoms with E-state index in [1.807, 2.05) is 55.5 Å². The summed E-state index contributed by atoms with van der Waals surface area (Å²) in [6.07, 6.45) is 2.42. The largest absolute Gasteiger partial charge is 0.457 e. The molecule has 8 heteroatoms. The van der Waals surface area contributed by atoms with Crippen LogP contribution >= 0.6 is 0 Å². The predicted octanol–water partition coefficient (Wildman–Crippen LogP) is 5.89. The standard InChI is InChI=1S/C33H35N3O4S/c1-26-13-19-32(20-14-26)41(38,39)36(29-15-17-31(18-16-29)40-30-11-3-2-4-12-30)25-33(37)34-23-27-9-5-6-10-28(27)24-35-21-7-8-22-35/h2-6,9-20H,7-8,21-25H2,1H3,(H,34,37). The van der Waals surface area contributed by atoms with Gasteiger partial charge in [-0.25, -0.2) is 8.42 Å². The zero-order chi connectivity index (χ0) is 28.7. The number of amides is 1. The third kappa shape index (κ3) is 7.34. The SMILES string of the molecule is Cc1ccc(S(=O)(=O)N(CC(=O)NCc2ccccc2CN2CCCC2)c2ccc(Oc3ccccc3)cc2)cc1. The summed E-state index contributed by atoms with van der Waals surface area (Å²) < 4.78 is 34.6. The van der Waals surface area contributed by atoms with E-state index in [-0.39, 0.29) is 17.3 Å². The quantitative estimate of drug-likeness (QED) is 0.244. The molecule has 7 nitrogen and oxygen atoms in total. The topological polar surface area (TPSA) is 79.0 Å². The third-order valence-electron chi connectivity index (χ3n) is 7.19. The number of aryl methyl sites for hydroxylation is 1. The molecule has 0 aliphatic carbocycles. The van der Waals surface area contributed by atoms with Gasteiger partial charge in [0, 0.05) is 13.1 Å². The van der Waals surface area contributed by atoms with Gasteiger partial charge < -0.3 is 10.1 Å². The average Bonchev–Trinajstić information content (AvgIpc) is 3.50. The maximum Gasteiger partial charge on any atom is 0.264 e. The van der Waals surface area contributed by atoms with Crippen LogP contribution in [0.15, 0.2) is 108 Å². The lowest BCUT2D eigenvalue weighted by atomic mass is 10.1. The number of para-hydroxylation sites is 1. The van der Waals surface area contributed by atoms with Crippen molar-refractivity contribution < 1.29 is 17.9 Å². The van der Waals surface area contributed by atoms with Gasteiger partial charge in [0.1, 0.15) is 18.0 Å². The van der Waals surface area contributed by atoms with E-state index in [9.17, 15) is 13.2 Å². The van der Waals surface area contributed by atoms with Crippen molar-refractivity contribution in [3.8, 4) is 11.5 Å². The van der Waals surface area contributed by atoms with Gasteiger partial charge in [-0.1, -0.05) is 60.2 Å². The summed E-state index contributed by atoms with van der Waals surface area (Å²) in [5, 5.41) is 2.95. The summed E-state index contributed by atoms with van der Waals surface area (Å²) in [6.45, 7) is 4.88. The number of nitrogens with zero attached hydrogens (tertiary/aromatic N) is 2. The first kappa shape index (κ1) is 28.4. The molecule has 0 atom stereocenters. The number of rotatable bonds is 11. The van der Waals surface area contributed by atoms with Crippen LogP contribution in [0.3, 0.4) is 0 Å². The minimum Gasteiger partial charge on any atom is -0.457 e. The lowest BCUT2D eigenvalue weighted by Crippen LogP contribution is -2.40. The van der Waals surface area contributed by atoms with Crippen molar-refractivity contribution in [3.63, 3.8) is 0 Å². The van der Waals surface area contributed by atoms with Crippen LogP contribution in [-0.4, -0.2) is 38.9 Å². The van der Waals surface area contributed by atoms with Crippen LogP contribution in [0.4, 0.5) is 5.69 Å². The fourth-order valence-electron chi connectivity index (χ4n) is 4.90. The lowest BCUT2D eigenvalue weighted by Gasteiger charge is -2.24. The van der Waals surface area contributed by atoms with Gasteiger partial charge in [0.2, 0.25) is 5.91 Å². The van der Waals surface area contributed by atoms with Gasteiger partial charge in [-0.05, 0) is 92.5 Å². The molecule has 1 fully saturated rings. The Hall–Kier alpha value is -4.14. The smallest absolute Gasteiger partial charge is 0.264 e. The first-order chi connectivity index (χ1) is 19.9. The number of hydrogen-bond donors (Lipinski definition) is 1. The molecule has 0 aromatic heterocycles. The van der Waals surface area contributed by atoms with Crippen molar-refractivity contribution in [2.24, 2.45) is 0 Å². The minimum absolute atomic E-state index is 0.122. The Morgan fingerprint density at radius 1 is 0.805 bits per heavy atom. The molecule has 0 saturated carbocycles. The Morgan fingerprint density at radius 3 is 2.10 bits per heavy atom. The van der Waals surface area contributed by atoms with Crippen molar-refractivity contribution in [1.29, 1.82) is 0 Å². The summed E-state index contributed by atoms with van der Waals surface area (Å²) in [7, 11) is -4.02. The summed E-state index contributed by atoms with van der Waals surface area (Å²) in [5.74, 6) is 0.849.